The van der Waals surface area contributed by atoms with Crippen LogP contribution in [0.1, 0.15) is 30.1 Å². The van der Waals surface area contributed by atoms with Crippen LogP contribution in [0.2, 0.25) is 5.02 Å². The molecule has 3 aromatic heterocycles. The van der Waals surface area contributed by atoms with E-state index in [-0.39, 0.29) is 11.1 Å². The summed E-state index contributed by atoms with van der Waals surface area (Å²) in [6, 6.07) is 1.78. The molecule has 1 fully saturated rings. The standard InChI is InChI=1S/C14H16ClN7O2S/c1-9-18-14(20-19-9)25(23,24)21-4-2-10(3-5-21)11-7-22-13(6-12(11)15)16-8-17-22/h6-8,10H,2-5H2,1H3,(H,18,19,20). The lowest BCUT2D eigenvalue weighted by atomic mass is 9.91. The predicted molar refractivity (Wildman–Crippen MR) is 89.9 cm³/mol. The summed E-state index contributed by atoms with van der Waals surface area (Å²) in [5.41, 5.74) is 1.65. The molecule has 1 saturated heterocycles. The number of piperidine rings is 1. The van der Waals surface area contributed by atoms with Crippen LogP contribution in [-0.4, -0.2) is 55.6 Å². The zero-order valence-electron chi connectivity index (χ0n) is 13.4. The first kappa shape index (κ1) is 16.4. The van der Waals surface area contributed by atoms with Crippen LogP contribution in [0.3, 0.4) is 0 Å². The molecule has 1 N–H and O–H groups in total. The van der Waals surface area contributed by atoms with Gasteiger partial charge in [0.15, 0.2) is 5.65 Å². The Kier molecular flexibility index (Phi) is 3.97. The largest absolute Gasteiger partial charge is 0.315 e. The van der Waals surface area contributed by atoms with Gasteiger partial charge in [0.05, 0.1) is 0 Å². The highest BCUT2D eigenvalue weighted by Gasteiger charge is 2.33. The monoisotopic (exact) mass is 381 g/mol. The third-order valence-electron chi connectivity index (χ3n) is 4.45. The minimum Gasteiger partial charge on any atom is -0.315 e. The molecule has 0 radical (unpaired) electrons. The molecule has 0 unspecified atom stereocenters. The number of pyridine rings is 1. The van der Waals surface area contributed by atoms with Crippen LogP contribution < -0.4 is 0 Å². The second kappa shape index (κ2) is 6.04. The van der Waals surface area contributed by atoms with Crippen molar-refractivity contribution in [1.29, 1.82) is 0 Å². The fraction of sp³-hybridized carbons (Fsp3) is 0.429. The minimum absolute atomic E-state index is 0.106. The Labute approximate surface area is 149 Å². The molecule has 9 nitrogen and oxygen atoms in total. The number of hydrogen-bond acceptors (Lipinski definition) is 6. The van der Waals surface area contributed by atoms with Crippen LogP contribution in [-0.2, 0) is 10.0 Å². The number of rotatable bonds is 3. The summed E-state index contributed by atoms with van der Waals surface area (Å²) >= 11 is 6.38. The zero-order chi connectivity index (χ0) is 17.6. The molecule has 132 valence electrons. The lowest BCUT2D eigenvalue weighted by molar-refractivity contribution is 0.317. The van der Waals surface area contributed by atoms with E-state index in [0.717, 1.165) is 5.56 Å². The van der Waals surface area contributed by atoms with Crippen molar-refractivity contribution in [1.82, 2.24) is 34.1 Å². The predicted octanol–water partition coefficient (Wildman–Crippen LogP) is 1.38. The molecule has 0 saturated carbocycles. The van der Waals surface area contributed by atoms with Gasteiger partial charge in [0.1, 0.15) is 12.2 Å². The van der Waals surface area contributed by atoms with E-state index >= 15 is 0 Å². The highest BCUT2D eigenvalue weighted by molar-refractivity contribution is 7.88. The molecule has 4 heterocycles. The van der Waals surface area contributed by atoms with Crippen LogP contribution >= 0.6 is 11.6 Å². The maximum Gasteiger partial charge on any atom is 0.278 e. The Morgan fingerprint density at radius 1 is 1.28 bits per heavy atom. The average Bonchev–Trinajstić information content (AvgIpc) is 3.23. The molecule has 11 heteroatoms. The topological polar surface area (TPSA) is 109 Å². The molecule has 0 amide bonds. The number of aryl methyl sites for hydroxylation is 1. The molecule has 0 aromatic carbocycles. The lowest BCUT2D eigenvalue weighted by Gasteiger charge is -2.30. The van der Waals surface area contributed by atoms with Gasteiger partial charge in [-0.05, 0) is 31.2 Å². The van der Waals surface area contributed by atoms with E-state index in [2.05, 4.69) is 25.3 Å². The summed E-state index contributed by atoms with van der Waals surface area (Å²) < 4.78 is 28.3. The molecule has 1 aliphatic heterocycles. The first-order valence-electron chi connectivity index (χ1n) is 7.83. The number of halogens is 1. The van der Waals surface area contributed by atoms with Gasteiger partial charge in [0.25, 0.3) is 15.2 Å². The van der Waals surface area contributed by atoms with Crippen LogP contribution in [0, 0.1) is 6.92 Å². The van der Waals surface area contributed by atoms with Gasteiger partial charge in [0.2, 0.25) is 0 Å². The van der Waals surface area contributed by atoms with Crippen LogP contribution in [0.5, 0.6) is 0 Å². The van der Waals surface area contributed by atoms with E-state index in [0.29, 0.717) is 42.4 Å². The van der Waals surface area contributed by atoms with Gasteiger partial charge >= 0.3 is 0 Å². The van der Waals surface area contributed by atoms with E-state index in [1.54, 1.807) is 17.5 Å². The van der Waals surface area contributed by atoms with Crippen LogP contribution in [0.15, 0.2) is 23.7 Å². The van der Waals surface area contributed by atoms with Gasteiger partial charge in [-0.1, -0.05) is 11.6 Å². The van der Waals surface area contributed by atoms with Crippen molar-refractivity contribution in [3.05, 3.63) is 35.0 Å². The number of sulfonamides is 1. The first-order chi connectivity index (χ1) is 11.9. The number of aromatic amines is 1. The number of hydrogen-bond donors (Lipinski definition) is 1. The highest BCUT2D eigenvalue weighted by atomic mass is 35.5. The van der Waals surface area contributed by atoms with Crippen molar-refractivity contribution in [3.8, 4) is 0 Å². The quantitative estimate of drug-likeness (QED) is 0.734. The van der Waals surface area contributed by atoms with E-state index in [9.17, 15) is 8.42 Å². The van der Waals surface area contributed by atoms with Crippen molar-refractivity contribution in [3.63, 3.8) is 0 Å². The number of nitrogens with one attached hydrogen (secondary N) is 1. The molecule has 0 bridgehead atoms. The molecule has 0 aliphatic carbocycles. The molecule has 4 rings (SSSR count). The summed E-state index contributed by atoms with van der Waals surface area (Å²) in [5.74, 6) is 0.644. The molecular formula is C14H16ClN7O2S. The average molecular weight is 382 g/mol. The van der Waals surface area contributed by atoms with Crippen molar-refractivity contribution in [2.24, 2.45) is 0 Å². The van der Waals surface area contributed by atoms with Crippen molar-refractivity contribution >= 4 is 27.3 Å². The Hall–Kier alpha value is -2.04. The van der Waals surface area contributed by atoms with Crippen LogP contribution in [0.25, 0.3) is 5.65 Å². The Morgan fingerprint density at radius 2 is 2.04 bits per heavy atom. The smallest absolute Gasteiger partial charge is 0.278 e. The fourth-order valence-electron chi connectivity index (χ4n) is 3.12. The van der Waals surface area contributed by atoms with Crippen molar-refractivity contribution < 1.29 is 8.42 Å². The third-order valence-corrected chi connectivity index (χ3v) is 6.50. The second-order valence-corrected chi connectivity index (χ2v) is 8.29. The highest BCUT2D eigenvalue weighted by Crippen LogP contribution is 2.34. The maximum absolute atomic E-state index is 12.6. The normalized spacial score (nSPS) is 17.4. The van der Waals surface area contributed by atoms with E-state index in [1.165, 1.54) is 10.6 Å². The van der Waals surface area contributed by atoms with Gasteiger partial charge < -0.3 is 4.98 Å². The maximum atomic E-state index is 12.6. The first-order valence-corrected chi connectivity index (χ1v) is 9.65. The van der Waals surface area contributed by atoms with Crippen LogP contribution in [0.4, 0.5) is 0 Å². The van der Waals surface area contributed by atoms with Gasteiger partial charge in [-0.15, -0.1) is 10.2 Å². The summed E-state index contributed by atoms with van der Waals surface area (Å²) in [6.07, 6.45) is 4.70. The molecule has 1 aliphatic rings. The summed E-state index contributed by atoms with van der Waals surface area (Å²) in [5, 5.41) is 12.1. The van der Waals surface area contributed by atoms with Crippen molar-refractivity contribution in [2.75, 3.05) is 13.1 Å². The second-order valence-electron chi connectivity index (χ2n) is 6.03. The molecule has 25 heavy (non-hydrogen) atoms. The lowest BCUT2D eigenvalue weighted by Crippen LogP contribution is -2.38. The fourth-order valence-corrected chi connectivity index (χ4v) is 4.78. The third kappa shape index (κ3) is 2.90. The van der Waals surface area contributed by atoms with E-state index in [1.807, 2.05) is 6.20 Å². The number of fused-ring (bicyclic) bond motifs is 1. The van der Waals surface area contributed by atoms with Gasteiger partial charge in [-0.25, -0.2) is 17.9 Å². The minimum atomic E-state index is -3.64. The van der Waals surface area contributed by atoms with E-state index < -0.39 is 10.0 Å². The number of aromatic nitrogens is 6. The zero-order valence-corrected chi connectivity index (χ0v) is 15.0. The van der Waals surface area contributed by atoms with E-state index in [4.69, 9.17) is 11.6 Å². The number of H-pyrrole nitrogens is 1. The van der Waals surface area contributed by atoms with Gasteiger partial charge in [0, 0.05) is 30.4 Å². The summed E-state index contributed by atoms with van der Waals surface area (Å²) in [4.78, 5) is 6.80. The Balaban J connectivity index is 1.53. The van der Waals surface area contributed by atoms with Gasteiger partial charge in [-0.3, -0.25) is 0 Å². The van der Waals surface area contributed by atoms with Crippen molar-refractivity contribution in [2.45, 2.75) is 30.8 Å². The molecule has 0 spiro atoms. The molecular weight excluding hydrogens is 366 g/mol. The Morgan fingerprint density at radius 3 is 2.72 bits per heavy atom. The number of nitrogens with zero attached hydrogens (tertiary/aromatic N) is 6. The SMILES string of the molecule is Cc1nnc(S(=O)(=O)N2CCC(c3cn4ncnc4cc3Cl)CC2)[nH]1. The van der Waals surface area contributed by atoms with Gasteiger partial charge in [-0.2, -0.15) is 9.40 Å². The molecule has 3 aromatic rings. The summed E-state index contributed by atoms with van der Waals surface area (Å²) in [6.45, 7) is 2.47. The summed E-state index contributed by atoms with van der Waals surface area (Å²) in [7, 11) is -3.64. The Bertz CT molecular complexity index is 1020. The molecule has 0 atom stereocenters.